The molecule has 0 radical (unpaired) electrons. The number of carbonyl (C=O) groups excluding carboxylic acids is 1. The van der Waals surface area contributed by atoms with Crippen molar-refractivity contribution in [2.75, 3.05) is 31.1 Å². The summed E-state index contributed by atoms with van der Waals surface area (Å²) in [7, 11) is -1.40. The van der Waals surface area contributed by atoms with Gasteiger partial charge in [-0.2, -0.15) is 0 Å². The van der Waals surface area contributed by atoms with Gasteiger partial charge in [-0.1, -0.05) is 36.4 Å². The van der Waals surface area contributed by atoms with Crippen molar-refractivity contribution in [2.24, 2.45) is 5.73 Å². The SMILES string of the molecule is CN1CCC(NC(=O)c2cc3ccc(C(=N)N)cc3n2Cc2cc(NS(C)(=O)=O)cc3ccccc23)CC1. The predicted molar refractivity (Wildman–Crippen MR) is 152 cm³/mol. The molecular weight excluding hydrogens is 500 g/mol. The normalized spacial score (nSPS) is 15.1. The van der Waals surface area contributed by atoms with Gasteiger partial charge in [-0.3, -0.25) is 14.9 Å². The monoisotopic (exact) mass is 532 g/mol. The number of sulfonamides is 1. The molecule has 0 spiro atoms. The Hall–Kier alpha value is -3.89. The van der Waals surface area contributed by atoms with Gasteiger partial charge in [-0.25, -0.2) is 8.42 Å². The number of rotatable bonds is 7. The standard InChI is InChI=1S/C28H32N6O3S/c1-33-11-9-22(10-12-33)31-28(35)26-15-19-7-8-20(27(29)30)16-25(19)34(26)17-21-14-23(32-38(2,36)37)13-18-5-3-4-6-24(18)21/h3-8,13-16,22,32H,9-12,17H2,1-2H3,(H3,29,30)(H,31,35). The molecule has 9 nitrogen and oxygen atoms in total. The summed E-state index contributed by atoms with van der Waals surface area (Å²) in [5, 5.41) is 13.8. The van der Waals surface area contributed by atoms with Crippen LogP contribution < -0.4 is 15.8 Å². The Balaban J connectivity index is 1.61. The minimum atomic E-state index is -3.48. The van der Waals surface area contributed by atoms with Gasteiger partial charge in [0, 0.05) is 34.7 Å². The van der Waals surface area contributed by atoms with Crippen molar-refractivity contribution in [1.82, 2.24) is 14.8 Å². The first-order chi connectivity index (χ1) is 18.1. The number of carbonyl (C=O) groups is 1. The van der Waals surface area contributed by atoms with E-state index < -0.39 is 10.0 Å². The summed E-state index contributed by atoms with van der Waals surface area (Å²) in [5.74, 6) is -0.211. The fourth-order valence-electron chi connectivity index (χ4n) is 5.16. The third kappa shape index (κ3) is 5.51. The number of nitrogen functional groups attached to an aromatic ring is 1. The van der Waals surface area contributed by atoms with Crippen molar-refractivity contribution >= 4 is 49.1 Å². The lowest BCUT2D eigenvalue weighted by Crippen LogP contribution is -2.43. The number of nitrogens with zero attached hydrogens (tertiary/aromatic N) is 2. The van der Waals surface area contributed by atoms with Gasteiger partial charge in [0.1, 0.15) is 11.5 Å². The number of piperidine rings is 1. The average Bonchev–Trinajstić information content (AvgIpc) is 3.22. The Morgan fingerprint density at radius 2 is 1.79 bits per heavy atom. The number of nitrogens with one attached hydrogen (secondary N) is 3. The topological polar surface area (TPSA) is 133 Å². The molecule has 1 amide bonds. The highest BCUT2D eigenvalue weighted by atomic mass is 32.2. The Labute approximate surface area is 222 Å². The summed E-state index contributed by atoms with van der Waals surface area (Å²) in [6.45, 7) is 2.19. The maximum absolute atomic E-state index is 13.6. The zero-order chi connectivity index (χ0) is 27.0. The van der Waals surface area contributed by atoms with E-state index in [0.717, 1.165) is 59.4 Å². The summed E-state index contributed by atoms with van der Waals surface area (Å²) < 4.78 is 28.5. The van der Waals surface area contributed by atoms with E-state index in [1.165, 1.54) is 0 Å². The molecule has 0 bridgehead atoms. The van der Waals surface area contributed by atoms with E-state index in [2.05, 4.69) is 22.0 Å². The van der Waals surface area contributed by atoms with Crippen LogP contribution in [0.15, 0.2) is 60.7 Å². The van der Waals surface area contributed by atoms with Crippen LogP contribution in [0.1, 0.15) is 34.5 Å². The number of amidine groups is 1. The van der Waals surface area contributed by atoms with Gasteiger partial charge in [0.15, 0.2) is 0 Å². The quantitative estimate of drug-likeness (QED) is 0.214. The Kier molecular flexibility index (Phi) is 6.85. The van der Waals surface area contributed by atoms with Crippen LogP contribution in [-0.2, 0) is 16.6 Å². The van der Waals surface area contributed by atoms with E-state index in [9.17, 15) is 13.2 Å². The fraction of sp³-hybridized carbons (Fsp3) is 0.286. The number of hydrogen-bond donors (Lipinski definition) is 4. The van der Waals surface area contributed by atoms with Crippen LogP contribution in [-0.4, -0.2) is 62.1 Å². The van der Waals surface area contributed by atoms with Gasteiger partial charge in [-0.15, -0.1) is 0 Å². The van der Waals surface area contributed by atoms with Crippen LogP contribution in [0.4, 0.5) is 5.69 Å². The number of hydrogen-bond acceptors (Lipinski definition) is 5. The zero-order valence-electron chi connectivity index (χ0n) is 21.5. The average molecular weight is 533 g/mol. The molecule has 38 heavy (non-hydrogen) atoms. The molecule has 10 heteroatoms. The molecule has 5 N–H and O–H groups in total. The predicted octanol–water partition coefficient (Wildman–Crippen LogP) is 3.32. The number of likely N-dealkylation sites (tertiary alicyclic amines) is 1. The molecule has 1 aliphatic rings. The largest absolute Gasteiger partial charge is 0.384 e. The number of aromatic nitrogens is 1. The molecule has 3 aromatic carbocycles. The molecule has 1 aliphatic heterocycles. The molecule has 0 saturated carbocycles. The Morgan fingerprint density at radius 1 is 1.05 bits per heavy atom. The van der Waals surface area contributed by atoms with Gasteiger partial charge in [0.25, 0.3) is 5.91 Å². The van der Waals surface area contributed by atoms with Crippen LogP contribution in [0.25, 0.3) is 21.7 Å². The molecule has 0 aliphatic carbocycles. The van der Waals surface area contributed by atoms with Gasteiger partial charge < -0.3 is 20.5 Å². The van der Waals surface area contributed by atoms with Crippen LogP contribution in [0, 0.1) is 5.41 Å². The maximum atomic E-state index is 13.6. The highest BCUT2D eigenvalue weighted by molar-refractivity contribution is 7.92. The molecule has 5 rings (SSSR count). The number of fused-ring (bicyclic) bond motifs is 2. The number of nitrogens with two attached hydrogens (primary N) is 1. The van der Waals surface area contributed by atoms with Crippen LogP contribution in [0.2, 0.25) is 0 Å². The lowest BCUT2D eigenvalue weighted by Gasteiger charge is -2.29. The highest BCUT2D eigenvalue weighted by Gasteiger charge is 2.23. The third-order valence-corrected chi connectivity index (χ3v) is 7.69. The fourth-order valence-corrected chi connectivity index (χ4v) is 5.70. The van der Waals surface area contributed by atoms with Crippen molar-refractivity contribution in [3.05, 3.63) is 77.5 Å². The van der Waals surface area contributed by atoms with Crippen LogP contribution in [0.3, 0.4) is 0 Å². The Bertz CT molecular complexity index is 1650. The first-order valence-corrected chi connectivity index (χ1v) is 14.4. The van der Waals surface area contributed by atoms with E-state index in [-0.39, 0.29) is 17.8 Å². The first-order valence-electron chi connectivity index (χ1n) is 12.5. The van der Waals surface area contributed by atoms with E-state index in [4.69, 9.17) is 11.1 Å². The van der Waals surface area contributed by atoms with Crippen molar-refractivity contribution in [3.8, 4) is 0 Å². The molecule has 1 aromatic heterocycles. The second kappa shape index (κ2) is 10.1. The third-order valence-electron chi connectivity index (χ3n) is 7.08. The maximum Gasteiger partial charge on any atom is 0.268 e. The summed E-state index contributed by atoms with van der Waals surface area (Å²) in [5.41, 5.74) is 8.95. The highest BCUT2D eigenvalue weighted by Crippen LogP contribution is 2.29. The van der Waals surface area contributed by atoms with Crippen molar-refractivity contribution < 1.29 is 13.2 Å². The van der Waals surface area contributed by atoms with Crippen molar-refractivity contribution in [3.63, 3.8) is 0 Å². The molecular formula is C28H32N6O3S. The van der Waals surface area contributed by atoms with Gasteiger partial charge >= 0.3 is 0 Å². The molecule has 0 unspecified atom stereocenters. The van der Waals surface area contributed by atoms with Gasteiger partial charge in [0.2, 0.25) is 10.0 Å². The first kappa shape index (κ1) is 25.7. The second-order valence-electron chi connectivity index (χ2n) is 10.1. The number of benzene rings is 3. The molecule has 1 saturated heterocycles. The minimum absolute atomic E-state index is 0.0539. The lowest BCUT2D eigenvalue weighted by molar-refractivity contribution is 0.0908. The van der Waals surface area contributed by atoms with Crippen molar-refractivity contribution in [2.45, 2.75) is 25.4 Å². The molecule has 2 heterocycles. The van der Waals surface area contributed by atoms with E-state index in [0.29, 0.717) is 23.5 Å². The van der Waals surface area contributed by atoms with E-state index in [1.807, 2.05) is 53.1 Å². The van der Waals surface area contributed by atoms with Gasteiger partial charge in [0.05, 0.1) is 6.26 Å². The van der Waals surface area contributed by atoms with E-state index >= 15 is 0 Å². The molecule has 1 fully saturated rings. The number of anilines is 1. The molecule has 198 valence electrons. The Morgan fingerprint density at radius 3 is 2.50 bits per heavy atom. The second-order valence-corrected chi connectivity index (χ2v) is 11.8. The van der Waals surface area contributed by atoms with Crippen LogP contribution >= 0.6 is 0 Å². The summed E-state index contributed by atoms with van der Waals surface area (Å²) in [4.78, 5) is 15.9. The summed E-state index contributed by atoms with van der Waals surface area (Å²) in [6.07, 6.45) is 2.90. The lowest BCUT2D eigenvalue weighted by atomic mass is 10.0. The smallest absolute Gasteiger partial charge is 0.268 e. The zero-order valence-corrected chi connectivity index (χ0v) is 22.3. The van der Waals surface area contributed by atoms with Crippen molar-refractivity contribution in [1.29, 1.82) is 5.41 Å². The van der Waals surface area contributed by atoms with Crippen LogP contribution in [0.5, 0.6) is 0 Å². The molecule has 0 atom stereocenters. The minimum Gasteiger partial charge on any atom is -0.384 e. The van der Waals surface area contributed by atoms with Gasteiger partial charge in [-0.05, 0) is 73.6 Å². The number of amides is 1. The molecule has 4 aromatic rings. The summed E-state index contributed by atoms with van der Waals surface area (Å²) >= 11 is 0. The van der Waals surface area contributed by atoms with E-state index in [1.54, 1.807) is 12.1 Å². The summed E-state index contributed by atoms with van der Waals surface area (Å²) in [6, 6.07) is 18.8.